The highest BCUT2D eigenvalue weighted by molar-refractivity contribution is 8.35. The highest BCUT2D eigenvalue weighted by atomic mass is 32.2. The first-order chi connectivity index (χ1) is 47.7. The summed E-state index contributed by atoms with van der Waals surface area (Å²) in [7, 11) is 2.59. The topological polar surface area (TPSA) is 3.24 Å². The molecule has 0 amide bonds. The molecule has 2 spiro atoms. The van der Waals surface area contributed by atoms with Gasteiger partial charge in [-0.05, 0) is 393 Å². The van der Waals surface area contributed by atoms with Gasteiger partial charge in [-0.15, -0.1) is 0 Å². The average molecular weight is 1260 g/mol. The molecule has 7 aliphatic rings. The van der Waals surface area contributed by atoms with Crippen molar-refractivity contribution in [1.82, 2.24) is 4.90 Å². The van der Waals surface area contributed by atoms with E-state index in [0.29, 0.717) is 0 Å². The molecule has 1 nitrogen and oxygen atoms in total. The zero-order valence-electron chi connectivity index (χ0n) is 49.5. The standard InChI is InChI=1S/C91H21NS4/c1-92-19-90-83-75-67-57-47-39-31-29-30-33-37-35(31)43-51-45(37)55-49-41(33)42-34(30)38-36-32(29)40(39)48-54-44(36)52-46(38)56-50(42)60-59(49)71-65(55)73-63(51)69(61(67)53(43)47)77(83)79(73)85-81(71)82-72(60)66(56)74-64(52)70-62(54)68(58(48)57)76(75)84(90)78(70)80(74)86(82)91(85,90)87(92)22-11-8-20(9-12-22)6-7-21-10-13-25-26(18-21)28(89-95-16-17-96-89)24-5-3-2-4-23(24)27(25)88-93-14-15-94-88/h2-5,8-18,87H,19H2,1H3. The molecule has 1 atom stereocenters. The van der Waals surface area contributed by atoms with Crippen LogP contribution in [0.25, 0.3) is 321 Å². The third kappa shape index (κ3) is 2.75. The molecule has 96 heavy (non-hydrogen) atoms. The van der Waals surface area contributed by atoms with Gasteiger partial charge in [0.15, 0.2) is 0 Å². The molecule has 0 saturated carbocycles. The van der Waals surface area contributed by atoms with E-state index in [1.807, 2.05) is 47.0 Å². The Morgan fingerprint density at radius 3 is 0.875 bits per heavy atom. The van der Waals surface area contributed by atoms with Crippen molar-refractivity contribution in [3.63, 3.8) is 0 Å². The highest BCUT2D eigenvalue weighted by Crippen LogP contribution is 2.87. The molecule has 32 aromatic carbocycles. The molecule has 0 bridgehead atoms. The molecular formula is C91H21NS4. The van der Waals surface area contributed by atoms with Crippen LogP contribution in [-0.2, 0) is 10.8 Å². The minimum Gasteiger partial charge on any atom is -0.297 e. The van der Waals surface area contributed by atoms with Crippen molar-refractivity contribution in [3.05, 3.63) is 138 Å². The van der Waals surface area contributed by atoms with E-state index in [0.717, 1.165) is 17.7 Å². The molecule has 32 aromatic rings. The Bertz CT molecular complexity index is 9330. The number of hydrogen-bond acceptors (Lipinski definition) is 5. The van der Waals surface area contributed by atoms with Crippen LogP contribution in [0.5, 0.6) is 0 Å². The maximum Gasteiger partial charge on any atom is 0.0575 e. The fourth-order valence-corrected chi connectivity index (χ4v) is 33.6. The van der Waals surface area contributed by atoms with Gasteiger partial charge in [0.2, 0.25) is 0 Å². The highest BCUT2D eigenvalue weighted by Gasteiger charge is 2.76. The number of thioether (sulfide) groups is 4. The molecular weight excluding hydrogens is 1240 g/mol. The average Bonchev–Trinajstić information content (AvgIpc) is 1.38. The molecule has 1 unspecified atom stereocenters. The van der Waals surface area contributed by atoms with Crippen molar-refractivity contribution in [1.29, 1.82) is 0 Å². The van der Waals surface area contributed by atoms with Crippen LogP contribution in [0.1, 0.15) is 45.0 Å². The van der Waals surface area contributed by atoms with Crippen LogP contribution in [0.4, 0.5) is 0 Å². The Labute approximate surface area is 548 Å². The summed E-state index contributed by atoms with van der Waals surface area (Å²) in [5, 5.41) is 106. The first-order valence-corrected chi connectivity index (χ1v) is 38.0. The number of likely N-dealkylation sites (N-methyl/N-ethyl adjacent to an activating group) is 1. The summed E-state index contributed by atoms with van der Waals surface area (Å²) in [4.78, 5) is 2.96. The molecule has 0 radical (unpaired) electrons. The molecule has 1 saturated heterocycles. The predicted octanol–water partition coefficient (Wildman–Crippen LogP) is 23.7. The molecule has 3 aliphatic heterocycles. The SMILES string of the molecule is CN1CC23c4c5c6c7c8c9c(c%10c%11c2c2c4c4c%12c5c5c6c6c8c8c%13c9c9c%10c%10c%11c%11c2c2c4c4c%12c%12c5c5c6c8c6c8c%13c9c9c%10c%10c%11c2c2c4c4c%12c5c6c5c8c9c%10c2c45)C73C1c1ccc(C#Cc2ccc3c(=C4SC=CS4)c4ccccc4c(=C4SC=CS4)c3c2)cc1. The maximum absolute atomic E-state index is 3.82. The summed E-state index contributed by atoms with van der Waals surface area (Å²) in [5.74, 6) is 7.62. The number of rotatable bonds is 1. The van der Waals surface area contributed by atoms with E-state index in [4.69, 9.17) is 0 Å². The number of hydrogen-bond donors (Lipinski definition) is 0. The van der Waals surface area contributed by atoms with Crippen LogP contribution in [-0.4, -0.2) is 18.5 Å². The summed E-state index contributed by atoms with van der Waals surface area (Å²) >= 11 is 7.41. The number of fused-ring (bicyclic) bond motifs is 2. The van der Waals surface area contributed by atoms with Crippen molar-refractivity contribution in [3.8, 4) is 11.8 Å². The van der Waals surface area contributed by atoms with Gasteiger partial charge in [0, 0.05) is 34.2 Å². The van der Waals surface area contributed by atoms with Gasteiger partial charge < -0.3 is 0 Å². The zero-order chi connectivity index (χ0) is 58.5. The van der Waals surface area contributed by atoms with E-state index >= 15 is 0 Å². The van der Waals surface area contributed by atoms with E-state index in [1.165, 1.54) is 46.0 Å². The molecule has 0 N–H and O–H groups in total. The predicted molar refractivity (Wildman–Crippen MR) is 418 cm³/mol. The van der Waals surface area contributed by atoms with Gasteiger partial charge in [0.1, 0.15) is 0 Å². The van der Waals surface area contributed by atoms with E-state index < -0.39 is 5.41 Å². The molecule has 0 aromatic heterocycles. The van der Waals surface area contributed by atoms with E-state index in [1.54, 1.807) is 313 Å². The lowest BCUT2D eigenvalue weighted by Crippen LogP contribution is -2.51. The molecule has 414 valence electrons. The van der Waals surface area contributed by atoms with Gasteiger partial charge in [-0.2, -0.15) is 0 Å². The normalized spacial score (nSPS) is 21.9. The molecule has 3 heterocycles. The third-order valence-corrected chi connectivity index (χ3v) is 35.0. The summed E-state index contributed by atoms with van der Waals surface area (Å²) in [6, 6.07) is 26.2. The summed E-state index contributed by atoms with van der Waals surface area (Å²) in [5.41, 5.74) is 9.83. The molecule has 1 fully saturated rings. The second-order valence-corrected chi connectivity index (χ2v) is 36.5. The molecule has 39 rings (SSSR count). The number of likely N-dealkylation sites (tertiary alicyclic amines) is 1. The third-order valence-electron chi connectivity index (χ3n) is 30.7. The van der Waals surface area contributed by atoms with Crippen LogP contribution in [0.2, 0.25) is 0 Å². The first-order valence-electron chi connectivity index (χ1n) is 34.5. The summed E-state index contributed by atoms with van der Waals surface area (Å²) < 4.78 is 2.69. The lowest BCUT2D eigenvalue weighted by atomic mass is 9.47. The number of nitrogens with zero attached hydrogens (tertiary/aromatic N) is 1. The Morgan fingerprint density at radius 2 is 0.552 bits per heavy atom. The molecule has 5 heteroatoms. The summed E-state index contributed by atoms with van der Waals surface area (Å²) in [6.07, 6.45) is 0. The fraction of sp³-hybridized carbons (Fsp3) is 0.0549. The second-order valence-electron chi connectivity index (χ2n) is 32.3. The van der Waals surface area contributed by atoms with Crippen molar-refractivity contribution < 1.29 is 0 Å². The van der Waals surface area contributed by atoms with E-state index in [9.17, 15) is 0 Å². The maximum atomic E-state index is 3.82. The Kier molecular flexibility index (Phi) is 4.57. The van der Waals surface area contributed by atoms with Gasteiger partial charge in [-0.3, -0.25) is 4.90 Å². The molecule has 4 aliphatic carbocycles. The van der Waals surface area contributed by atoms with E-state index in [-0.39, 0.29) is 11.5 Å². The number of benzene rings is 22. The van der Waals surface area contributed by atoms with Crippen LogP contribution >= 0.6 is 47.0 Å². The van der Waals surface area contributed by atoms with Gasteiger partial charge >= 0.3 is 0 Å². The Morgan fingerprint density at radius 1 is 0.292 bits per heavy atom. The zero-order valence-corrected chi connectivity index (χ0v) is 52.8. The lowest BCUT2D eigenvalue weighted by molar-refractivity contribution is 0.271. The van der Waals surface area contributed by atoms with Gasteiger partial charge in [-0.25, -0.2) is 0 Å². The fourth-order valence-electron chi connectivity index (χ4n) is 29.8. The van der Waals surface area contributed by atoms with Crippen LogP contribution < -0.4 is 10.4 Å². The monoisotopic (exact) mass is 1260 g/mol. The van der Waals surface area contributed by atoms with Crippen molar-refractivity contribution >= 4 is 368 Å². The largest absolute Gasteiger partial charge is 0.297 e. The minimum atomic E-state index is -0.403. The smallest absolute Gasteiger partial charge is 0.0575 e. The van der Waals surface area contributed by atoms with Crippen molar-refractivity contribution in [2.75, 3.05) is 13.6 Å². The first kappa shape index (κ1) is 41.1. The lowest BCUT2D eigenvalue weighted by Gasteiger charge is -2.52. The van der Waals surface area contributed by atoms with Gasteiger partial charge in [-0.1, -0.05) is 101 Å². The van der Waals surface area contributed by atoms with E-state index in [2.05, 4.69) is 112 Å². The van der Waals surface area contributed by atoms with Gasteiger partial charge in [0.05, 0.1) is 19.3 Å². The summed E-state index contributed by atoms with van der Waals surface area (Å²) in [6.45, 7) is 0.995. The van der Waals surface area contributed by atoms with Crippen LogP contribution in [0, 0.1) is 11.8 Å². The van der Waals surface area contributed by atoms with Gasteiger partial charge in [0.25, 0.3) is 0 Å². The quantitative estimate of drug-likeness (QED) is 0.0913. The van der Waals surface area contributed by atoms with Crippen LogP contribution in [0.15, 0.2) is 88.4 Å². The van der Waals surface area contributed by atoms with Crippen LogP contribution in [0.3, 0.4) is 0 Å². The van der Waals surface area contributed by atoms with Crippen molar-refractivity contribution in [2.45, 2.75) is 16.9 Å². The Hall–Kier alpha value is -10.0. The van der Waals surface area contributed by atoms with Crippen molar-refractivity contribution in [2.24, 2.45) is 0 Å². The Balaban J connectivity index is 0.734. The second kappa shape index (κ2) is 10.7. The minimum absolute atomic E-state index is 0.0702.